The van der Waals surface area contributed by atoms with Gasteiger partial charge in [-0.1, -0.05) is 0 Å². The quantitative estimate of drug-likeness (QED) is 0.548. The summed E-state index contributed by atoms with van der Waals surface area (Å²) in [5.41, 5.74) is 4.95. The van der Waals surface area contributed by atoms with Crippen LogP contribution in [0.3, 0.4) is 0 Å². The van der Waals surface area contributed by atoms with Crippen molar-refractivity contribution in [2.24, 2.45) is 5.73 Å². The van der Waals surface area contributed by atoms with Crippen LogP contribution in [0.15, 0.2) is 0 Å². The molecule has 0 aliphatic heterocycles. The first-order valence-corrected chi connectivity index (χ1v) is 2.77. The Morgan fingerprint density at radius 3 is 2.60 bits per heavy atom. The van der Waals surface area contributed by atoms with E-state index in [1.807, 2.05) is 0 Å². The van der Waals surface area contributed by atoms with Crippen LogP contribution < -0.4 is 5.73 Å². The lowest BCUT2D eigenvalue weighted by molar-refractivity contribution is -0.152. The summed E-state index contributed by atoms with van der Waals surface area (Å²) in [6, 6.07) is 0. The summed E-state index contributed by atoms with van der Waals surface area (Å²) in [5, 5.41) is 8.66. The maximum atomic E-state index is 10.4. The second-order valence-corrected chi connectivity index (χ2v) is 1.50. The minimum atomic E-state index is -1.16. The van der Waals surface area contributed by atoms with Gasteiger partial charge in [-0.3, -0.25) is 0 Å². The molecule has 0 aromatic heterocycles. The van der Waals surface area contributed by atoms with Crippen molar-refractivity contribution < 1.29 is 14.6 Å². The molecule has 10 heavy (non-hydrogen) atoms. The number of carbonyl (C=O) groups excluding carboxylic acids is 1. The van der Waals surface area contributed by atoms with Gasteiger partial charge in [-0.2, -0.15) is 0 Å². The third-order valence-electron chi connectivity index (χ3n) is 0.782. The molecular weight excluding hydrogens is 158 g/mol. The van der Waals surface area contributed by atoms with E-state index in [4.69, 9.17) is 10.8 Å². The first-order chi connectivity index (χ1) is 4.22. The van der Waals surface area contributed by atoms with Crippen LogP contribution in [0.2, 0.25) is 0 Å². The molecule has 0 saturated carbocycles. The number of rotatable bonds is 3. The summed E-state index contributed by atoms with van der Waals surface area (Å²) in [5.74, 6) is -0.653. The van der Waals surface area contributed by atoms with Crippen LogP contribution in [0.25, 0.3) is 0 Å². The van der Waals surface area contributed by atoms with Gasteiger partial charge in [0.25, 0.3) is 0 Å². The Kier molecular flexibility index (Phi) is 8.40. The number of hydrogen-bond acceptors (Lipinski definition) is 4. The molecule has 62 valence electrons. The highest BCUT2D eigenvalue weighted by atomic mass is 35.5. The van der Waals surface area contributed by atoms with E-state index in [1.54, 1.807) is 6.92 Å². The van der Waals surface area contributed by atoms with Crippen molar-refractivity contribution in [3.63, 3.8) is 0 Å². The zero-order valence-electron chi connectivity index (χ0n) is 5.74. The van der Waals surface area contributed by atoms with Gasteiger partial charge in [-0.15, -0.1) is 12.4 Å². The maximum absolute atomic E-state index is 10.4. The highest BCUT2D eigenvalue weighted by molar-refractivity contribution is 5.85. The monoisotopic (exact) mass is 169 g/mol. The first kappa shape index (κ1) is 12.4. The van der Waals surface area contributed by atoms with E-state index in [0.29, 0.717) is 0 Å². The van der Waals surface area contributed by atoms with Crippen LogP contribution in [0, 0.1) is 0 Å². The van der Waals surface area contributed by atoms with Crippen molar-refractivity contribution in [2.45, 2.75) is 13.0 Å². The highest BCUT2D eigenvalue weighted by Gasteiger charge is 2.12. The SMILES string of the molecule is CCOC(=O)[C@@H](O)CN.Cl. The van der Waals surface area contributed by atoms with E-state index in [9.17, 15) is 4.79 Å². The fraction of sp³-hybridized carbons (Fsp3) is 0.800. The van der Waals surface area contributed by atoms with Gasteiger partial charge < -0.3 is 15.6 Å². The van der Waals surface area contributed by atoms with Crippen LogP contribution >= 0.6 is 12.4 Å². The molecule has 0 fully saturated rings. The lowest BCUT2D eigenvalue weighted by atomic mass is 10.4. The summed E-state index contributed by atoms with van der Waals surface area (Å²) in [6.07, 6.45) is -1.16. The second-order valence-electron chi connectivity index (χ2n) is 1.50. The molecule has 0 bridgehead atoms. The summed E-state index contributed by atoms with van der Waals surface area (Å²) >= 11 is 0. The molecule has 0 aliphatic carbocycles. The second kappa shape index (κ2) is 6.80. The Morgan fingerprint density at radius 2 is 2.30 bits per heavy atom. The van der Waals surface area contributed by atoms with E-state index >= 15 is 0 Å². The Bertz CT molecular complexity index is 98.9. The number of aliphatic hydroxyl groups excluding tert-OH is 1. The number of carbonyl (C=O) groups is 1. The Morgan fingerprint density at radius 1 is 1.80 bits per heavy atom. The van der Waals surface area contributed by atoms with Crippen molar-refractivity contribution >= 4 is 18.4 Å². The molecule has 0 aliphatic rings. The molecule has 0 aromatic carbocycles. The molecule has 0 radical (unpaired) electrons. The summed E-state index contributed by atoms with van der Waals surface area (Å²) in [6.45, 7) is 1.86. The van der Waals surface area contributed by atoms with Gasteiger partial charge >= 0.3 is 5.97 Å². The largest absolute Gasteiger partial charge is 0.464 e. The molecule has 4 nitrogen and oxygen atoms in total. The first-order valence-electron chi connectivity index (χ1n) is 2.77. The van der Waals surface area contributed by atoms with E-state index < -0.39 is 12.1 Å². The molecule has 0 spiro atoms. The van der Waals surface area contributed by atoms with E-state index in [0.717, 1.165) is 0 Å². The zero-order chi connectivity index (χ0) is 7.28. The van der Waals surface area contributed by atoms with Gasteiger partial charge in [-0.25, -0.2) is 4.79 Å². The minimum absolute atomic E-state index is 0. The fourth-order valence-corrected chi connectivity index (χ4v) is 0.335. The van der Waals surface area contributed by atoms with Gasteiger partial charge in [0.05, 0.1) is 6.61 Å². The third kappa shape index (κ3) is 4.55. The molecule has 0 unspecified atom stereocenters. The topological polar surface area (TPSA) is 72.5 Å². The van der Waals surface area contributed by atoms with Gasteiger partial charge in [-0.05, 0) is 6.92 Å². The fourth-order valence-electron chi connectivity index (χ4n) is 0.335. The molecule has 5 heteroatoms. The number of aliphatic hydroxyl groups is 1. The number of nitrogens with two attached hydrogens (primary N) is 1. The predicted octanol–water partition coefficient (Wildman–Crippen LogP) is -0.709. The van der Waals surface area contributed by atoms with Gasteiger partial charge in [0.15, 0.2) is 6.10 Å². The normalized spacial score (nSPS) is 11.5. The minimum Gasteiger partial charge on any atom is -0.464 e. The van der Waals surface area contributed by atoms with Crippen molar-refractivity contribution in [1.82, 2.24) is 0 Å². The summed E-state index contributed by atoms with van der Waals surface area (Å²) in [7, 11) is 0. The molecule has 0 saturated heterocycles. The van der Waals surface area contributed by atoms with Crippen molar-refractivity contribution in [1.29, 1.82) is 0 Å². The van der Waals surface area contributed by atoms with E-state index in [2.05, 4.69) is 4.74 Å². The van der Waals surface area contributed by atoms with Crippen LogP contribution in [0.1, 0.15) is 6.92 Å². The third-order valence-corrected chi connectivity index (χ3v) is 0.782. The Hall–Kier alpha value is -0.320. The summed E-state index contributed by atoms with van der Waals surface area (Å²) < 4.78 is 4.43. The molecule has 0 amide bonds. The lowest BCUT2D eigenvalue weighted by Gasteiger charge is -2.04. The van der Waals surface area contributed by atoms with E-state index in [-0.39, 0.29) is 25.6 Å². The predicted molar refractivity (Wildman–Crippen MR) is 38.9 cm³/mol. The smallest absolute Gasteiger partial charge is 0.336 e. The molecule has 3 N–H and O–H groups in total. The van der Waals surface area contributed by atoms with Crippen LogP contribution in [0.4, 0.5) is 0 Å². The molecule has 0 heterocycles. The van der Waals surface area contributed by atoms with Gasteiger partial charge in [0.1, 0.15) is 0 Å². The van der Waals surface area contributed by atoms with Crippen molar-refractivity contribution in [2.75, 3.05) is 13.2 Å². The summed E-state index contributed by atoms with van der Waals surface area (Å²) in [4.78, 5) is 10.4. The zero-order valence-corrected chi connectivity index (χ0v) is 6.56. The molecular formula is C5H12ClNO3. The maximum Gasteiger partial charge on any atom is 0.336 e. The number of halogens is 1. The van der Waals surface area contributed by atoms with Crippen LogP contribution in [-0.4, -0.2) is 30.3 Å². The lowest BCUT2D eigenvalue weighted by Crippen LogP contribution is -2.30. The van der Waals surface area contributed by atoms with Gasteiger partial charge in [0, 0.05) is 6.54 Å². The van der Waals surface area contributed by atoms with Crippen molar-refractivity contribution in [3.05, 3.63) is 0 Å². The van der Waals surface area contributed by atoms with Crippen LogP contribution in [0.5, 0.6) is 0 Å². The molecule has 0 aromatic rings. The number of esters is 1. The van der Waals surface area contributed by atoms with Gasteiger partial charge in [0.2, 0.25) is 0 Å². The standard InChI is InChI=1S/C5H11NO3.ClH/c1-2-9-5(8)4(7)3-6;/h4,7H,2-3,6H2,1H3;1H/t4-;/m0./s1. The molecule has 1 atom stereocenters. The molecule has 0 rings (SSSR count). The highest BCUT2D eigenvalue weighted by Crippen LogP contribution is 1.84. The van der Waals surface area contributed by atoms with E-state index in [1.165, 1.54) is 0 Å². The average molecular weight is 170 g/mol. The average Bonchev–Trinajstić information content (AvgIpc) is 1.87. The number of ether oxygens (including phenoxy) is 1. The van der Waals surface area contributed by atoms with Crippen molar-refractivity contribution in [3.8, 4) is 0 Å². The Balaban J connectivity index is 0. The number of hydrogen-bond donors (Lipinski definition) is 2. The Labute approximate surface area is 65.8 Å². The van der Waals surface area contributed by atoms with Crippen LogP contribution in [-0.2, 0) is 9.53 Å².